The van der Waals surface area contributed by atoms with Crippen LogP contribution in [0.1, 0.15) is 43.2 Å². The van der Waals surface area contributed by atoms with Gasteiger partial charge in [-0.1, -0.05) is 24.3 Å². The van der Waals surface area contributed by atoms with Crippen LogP contribution in [0.4, 0.5) is 0 Å². The minimum Gasteiger partial charge on any atom is -0.481 e. The van der Waals surface area contributed by atoms with Gasteiger partial charge in [0.1, 0.15) is 0 Å². The average molecular weight is 275 g/mol. The number of hydrogen-bond acceptors (Lipinski definition) is 3. The molecule has 108 valence electrons. The highest BCUT2D eigenvalue weighted by Gasteiger charge is 2.40. The predicted octanol–water partition coefficient (Wildman–Crippen LogP) is 2.28. The lowest BCUT2D eigenvalue weighted by molar-refractivity contribution is -0.138. The largest absolute Gasteiger partial charge is 0.481 e. The molecule has 0 saturated carbocycles. The third-order valence-corrected chi connectivity index (χ3v) is 4.52. The topological polar surface area (TPSA) is 58.6 Å². The fourth-order valence-corrected chi connectivity index (χ4v) is 3.17. The highest BCUT2D eigenvalue weighted by molar-refractivity contribution is 5.75. The Labute approximate surface area is 119 Å². The molecule has 20 heavy (non-hydrogen) atoms. The van der Waals surface area contributed by atoms with Crippen LogP contribution in [0.3, 0.4) is 0 Å². The Morgan fingerprint density at radius 1 is 1.40 bits per heavy atom. The average Bonchev–Trinajstić information content (AvgIpc) is 3.07. The molecule has 4 atom stereocenters. The standard InChI is InChI=1S/C16H21NO3/c1-10(16(18)19)12-4-2-11(3-5-12)9-17-14-8-13-6-7-15(14)20-13/h2-5,10,13-15,17H,6-9H2,1H3,(H,18,19). The van der Waals surface area contributed by atoms with Gasteiger partial charge in [0.25, 0.3) is 0 Å². The Bertz CT molecular complexity index is 485. The van der Waals surface area contributed by atoms with Crippen LogP contribution in [0.25, 0.3) is 0 Å². The lowest BCUT2D eigenvalue weighted by atomic mass is 9.95. The Kier molecular flexibility index (Phi) is 3.76. The third kappa shape index (κ3) is 2.72. The summed E-state index contributed by atoms with van der Waals surface area (Å²) in [6, 6.07) is 8.32. The Morgan fingerprint density at radius 3 is 2.70 bits per heavy atom. The van der Waals surface area contributed by atoms with E-state index in [4.69, 9.17) is 9.84 Å². The maximum Gasteiger partial charge on any atom is 0.310 e. The second-order valence-corrected chi connectivity index (χ2v) is 5.90. The molecule has 2 saturated heterocycles. The minimum absolute atomic E-state index is 0.395. The van der Waals surface area contributed by atoms with E-state index in [0.717, 1.165) is 18.5 Å². The molecule has 4 unspecified atom stereocenters. The first-order valence-electron chi connectivity index (χ1n) is 7.34. The molecule has 3 rings (SSSR count). The molecule has 2 bridgehead atoms. The molecule has 2 heterocycles. The molecule has 0 aliphatic carbocycles. The van der Waals surface area contributed by atoms with Gasteiger partial charge in [-0.25, -0.2) is 0 Å². The highest BCUT2D eigenvalue weighted by Crippen LogP contribution is 2.34. The molecule has 0 spiro atoms. The fourth-order valence-electron chi connectivity index (χ4n) is 3.17. The normalized spacial score (nSPS) is 29.6. The van der Waals surface area contributed by atoms with Crippen molar-refractivity contribution in [1.29, 1.82) is 0 Å². The predicted molar refractivity (Wildman–Crippen MR) is 75.6 cm³/mol. The molecular formula is C16H21NO3. The van der Waals surface area contributed by atoms with E-state index in [-0.39, 0.29) is 0 Å². The lowest BCUT2D eigenvalue weighted by Crippen LogP contribution is -2.36. The zero-order chi connectivity index (χ0) is 14.1. The van der Waals surface area contributed by atoms with Crippen LogP contribution >= 0.6 is 0 Å². The van der Waals surface area contributed by atoms with Crippen LogP contribution in [-0.4, -0.2) is 29.3 Å². The van der Waals surface area contributed by atoms with Gasteiger partial charge in [-0.2, -0.15) is 0 Å². The van der Waals surface area contributed by atoms with Crippen molar-refractivity contribution >= 4 is 5.97 Å². The van der Waals surface area contributed by atoms with Gasteiger partial charge in [0.15, 0.2) is 0 Å². The molecule has 4 nitrogen and oxygen atoms in total. The Hall–Kier alpha value is -1.39. The number of carboxylic acid groups (broad SMARTS) is 1. The van der Waals surface area contributed by atoms with Gasteiger partial charge >= 0.3 is 5.97 Å². The molecule has 0 aromatic heterocycles. The summed E-state index contributed by atoms with van der Waals surface area (Å²) in [4.78, 5) is 10.9. The summed E-state index contributed by atoms with van der Waals surface area (Å²) in [7, 11) is 0. The van der Waals surface area contributed by atoms with Crippen LogP contribution in [0.2, 0.25) is 0 Å². The number of benzene rings is 1. The summed E-state index contributed by atoms with van der Waals surface area (Å²) < 4.78 is 5.82. The number of fused-ring (bicyclic) bond motifs is 2. The summed E-state index contributed by atoms with van der Waals surface area (Å²) >= 11 is 0. The minimum atomic E-state index is -0.782. The van der Waals surface area contributed by atoms with E-state index in [1.807, 2.05) is 24.3 Å². The summed E-state index contributed by atoms with van der Waals surface area (Å²) in [5.74, 6) is -1.23. The number of ether oxygens (including phenoxy) is 1. The quantitative estimate of drug-likeness (QED) is 0.865. The first kappa shape index (κ1) is 13.6. The van der Waals surface area contributed by atoms with Gasteiger partial charge in [0, 0.05) is 12.6 Å². The second kappa shape index (κ2) is 5.54. The van der Waals surface area contributed by atoms with Crippen LogP contribution in [0, 0.1) is 0 Å². The second-order valence-electron chi connectivity index (χ2n) is 5.90. The molecular weight excluding hydrogens is 254 g/mol. The molecule has 0 amide bonds. The first-order chi connectivity index (χ1) is 9.63. The molecule has 0 radical (unpaired) electrons. The van der Waals surface area contributed by atoms with E-state index in [9.17, 15) is 4.79 Å². The van der Waals surface area contributed by atoms with Gasteiger partial charge in [-0.3, -0.25) is 4.79 Å². The molecule has 1 aromatic rings. The number of carbonyl (C=O) groups is 1. The molecule has 2 aliphatic rings. The van der Waals surface area contributed by atoms with Gasteiger partial charge in [-0.05, 0) is 37.3 Å². The summed E-state index contributed by atoms with van der Waals surface area (Å²) in [5, 5.41) is 12.5. The van der Waals surface area contributed by atoms with Crippen molar-refractivity contribution in [2.24, 2.45) is 0 Å². The SMILES string of the molecule is CC(C(=O)O)c1ccc(CNC2CC3CCC2O3)cc1. The maximum atomic E-state index is 10.9. The van der Waals surface area contributed by atoms with Gasteiger partial charge in [-0.15, -0.1) is 0 Å². The Balaban J connectivity index is 1.54. The molecule has 2 N–H and O–H groups in total. The molecule has 1 aromatic carbocycles. The number of nitrogens with one attached hydrogen (secondary N) is 1. The van der Waals surface area contributed by atoms with E-state index in [1.54, 1.807) is 6.92 Å². The summed E-state index contributed by atoms with van der Waals surface area (Å²) in [6.07, 6.45) is 4.38. The van der Waals surface area contributed by atoms with E-state index >= 15 is 0 Å². The zero-order valence-electron chi connectivity index (χ0n) is 11.7. The van der Waals surface area contributed by atoms with Crippen LogP contribution in [0.15, 0.2) is 24.3 Å². The van der Waals surface area contributed by atoms with E-state index in [1.165, 1.54) is 18.4 Å². The van der Waals surface area contributed by atoms with Gasteiger partial charge in [0.05, 0.1) is 18.1 Å². The number of rotatable bonds is 5. The highest BCUT2D eigenvalue weighted by atomic mass is 16.5. The van der Waals surface area contributed by atoms with Crippen molar-refractivity contribution in [3.63, 3.8) is 0 Å². The van der Waals surface area contributed by atoms with Crippen LogP contribution in [0.5, 0.6) is 0 Å². The van der Waals surface area contributed by atoms with Crippen molar-refractivity contribution in [2.45, 2.75) is 56.9 Å². The van der Waals surface area contributed by atoms with E-state index in [2.05, 4.69) is 5.32 Å². The lowest BCUT2D eigenvalue weighted by Gasteiger charge is -2.20. The Morgan fingerprint density at radius 2 is 2.15 bits per heavy atom. The summed E-state index contributed by atoms with van der Waals surface area (Å²) in [6.45, 7) is 2.53. The molecule has 4 heteroatoms. The van der Waals surface area contributed by atoms with Crippen molar-refractivity contribution < 1.29 is 14.6 Å². The number of carboxylic acids is 1. The van der Waals surface area contributed by atoms with E-state index in [0.29, 0.717) is 18.2 Å². The monoisotopic (exact) mass is 275 g/mol. The van der Waals surface area contributed by atoms with Crippen LogP contribution < -0.4 is 5.32 Å². The van der Waals surface area contributed by atoms with Crippen molar-refractivity contribution in [1.82, 2.24) is 5.32 Å². The van der Waals surface area contributed by atoms with Crippen molar-refractivity contribution in [3.05, 3.63) is 35.4 Å². The number of hydrogen-bond donors (Lipinski definition) is 2. The van der Waals surface area contributed by atoms with Gasteiger partial charge < -0.3 is 15.2 Å². The van der Waals surface area contributed by atoms with Gasteiger partial charge in [0.2, 0.25) is 0 Å². The number of aliphatic carboxylic acids is 1. The van der Waals surface area contributed by atoms with Crippen molar-refractivity contribution in [3.8, 4) is 0 Å². The smallest absolute Gasteiger partial charge is 0.310 e. The zero-order valence-corrected chi connectivity index (χ0v) is 11.7. The first-order valence-corrected chi connectivity index (χ1v) is 7.34. The molecule has 2 aliphatic heterocycles. The fraction of sp³-hybridized carbons (Fsp3) is 0.562. The van der Waals surface area contributed by atoms with Crippen LogP contribution in [-0.2, 0) is 16.1 Å². The maximum absolute atomic E-state index is 10.9. The van der Waals surface area contributed by atoms with Crippen molar-refractivity contribution in [2.75, 3.05) is 0 Å². The molecule has 2 fully saturated rings. The van der Waals surface area contributed by atoms with E-state index < -0.39 is 11.9 Å². The summed E-state index contributed by atoms with van der Waals surface area (Å²) in [5.41, 5.74) is 2.04. The third-order valence-electron chi connectivity index (χ3n) is 4.52.